The number of hydrogen-bond donors (Lipinski definition) is 2. The first-order chi connectivity index (χ1) is 14.8. The number of carbonyl (C=O) groups excluding carboxylic acids is 2. The van der Waals surface area contributed by atoms with Crippen LogP contribution < -0.4 is 15.4 Å². The van der Waals surface area contributed by atoms with Gasteiger partial charge in [-0.2, -0.15) is 0 Å². The molecule has 1 saturated heterocycles. The van der Waals surface area contributed by atoms with E-state index in [1.807, 2.05) is 19.1 Å². The molecular weight excluding hydrogens is 406 g/mol. The van der Waals surface area contributed by atoms with Crippen LogP contribution in [0.4, 0.5) is 8.78 Å². The number of halogens is 2. The van der Waals surface area contributed by atoms with Crippen molar-refractivity contribution in [2.24, 2.45) is 0 Å². The van der Waals surface area contributed by atoms with E-state index in [4.69, 9.17) is 9.47 Å². The highest BCUT2D eigenvalue weighted by molar-refractivity contribution is 5.96. The maximum Gasteiger partial charge on any atom is 0.254 e. The molecule has 0 unspecified atom stereocenters. The van der Waals surface area contributed by atoms with Crippen molar-refractivity contribution in [1.82, 2.24) is 10.6 Å². The van der Waals surface area contributed by atoms with Crippen molar-refractivity contribution in [2.75, 3.05) is 33.4 Å². The number of benzene rings is 2. The van der Waals surface area contributed by atoms with Crippen LogP contribution in [0.5, 0.6) is 5.75 Å². The van der Waals surface area contributed by atoms with Gasteiger partial charge in [-0.15, -0.1) is 0 Å². The largest absolute Gasteiger partial charge is 0.496 e. The van der Waals surface area contributed by atoms with Crippen LogP contribution in [0.25, 0.3) is 0 Å². The number of methoxy groups -OCH3 is 1. The number of rotatable bonds is 7. The molecule has 0 aromatic heterocycles. The molecule has 1 fully saturated rings. The highest BCUT2D eigenvalue weighted by Crippen LogP contribution is 2.40. The molecule has 0 atom stereocenters. The smallest absolute Gasteiger partial charge is 0.254 e. The molecule has 0 saturated carbocycles. The zero-order chi connectivity index (χ0) is 22.4. The minimum Gasteiger partial charge on any atom is -0.496 e. The van der Waals surface area contributed by atoms with Gasteiger partial charge < -0.3 is 20.1 Å². The van der Waals surface area contributed by atoms with Gasteiger partial charge in [-0.25, -0.2) is 8.78 Å². The van der Waals surface area contributed by atoms with Crippen molar-refractivity contribution < 1.29 is 27.8 Å². The van der Waals surface area contributed by atoms with Crippen LogP contribution in [0.15, 0.2) is 36.4 Å². The summed E-state index contributed by atoms with van der Waals surface area (Å²) in [5, 5.41) is 5.24. The molecule has 31 heavy (non-hydrogen) atoms. The van der Waals surface area contributed by atoms with Crippen LogP contribution >= 0.6 is 0 Å². The Kier molecular flexibility index (Phi) is 7.22. The third-order valence-corrected chi connectivity index (χ3v) is 5.59. The Morgan fingerprint density at radius 3 is 2.52 bits per heavy atom. The monoisotopic (exact) mass is 432 g/mol. The van der Waals surface area contributed by atoms with Gasteiger partial charge in [0.15, 0.2) is 0 Å². The molecule has 2 aromatic carbocycles. The fourth-order valence-electron chi connectivity index (χ4n) is 3.80. The van der Waals surface area contributed by atoms with Gasteiger partial charge in [0.25, 0.3) is 5.91 Å². The molecule has 0 spiro atoms. The quantitative estimate of drug-likeness (QED) is 0.706. The van der Waals surface area contributed by atoms with E-state index in [9.17, 15) is 18.4 Å². The molecule has 2 amide bonds. The molecule has 6 nitrogen and oxygen atoms in total. The second kappa shape index (κ2) is 9.87. The Morgan fingerprint density at radius 1 is 1.10 bits per heavy atom. The van der Waals surface area contributed by atoms with Gasteiger partial charge >= 0.3 is 0 Å². The van der Waals surface area contributed by atoms with Crippen molar-refractivity contribution in [3.63, 3.8) is 0 Å². The highest BCUT2D eigenvalue weighted by Gasteiger charge is 2.37. The summed E-state index contributed by atoms with van der Waals surface area (Å²) in [6.07, 6.45) is 1.42. The number of hydrogen-bond acceptors (Lipinski definition) is 4. The molecule has 2 aromatic rings. The number of ether oxygens (including phenoxy) is 2. The van der Waals surface area contributed by atoms with Gasteiger partial charge in [0.1, 0.15) is 17.4 Å². The number of carbonyl (C=O) groups is 2. The third-order valence-electron chi connectivity index (χ3n) is 5.59. The van der Waals surface area contributed by atoms with Crippen LogP contribution in [-0.4, -0.2) is 45.2 Å². The summed E-state index contributed by atoms with van der Waals surface area (Å²) in [6.45, 7) is 3.14. The van der Waals surface area contributed by atoms with E-state index in [2.05, 4.69) is 16.7 Å². The minimum atomic E-state index is -0.981. The second-order valence-electron chi connectivity index (χ2n) is 7.68. The normalized spacial score (nSPS) is 15.2. The van der Waals surface area contributed by atoms with Crippen LogP contribution in [0, 0.1) is 18.6 Å². The molecule has 0 aliphatic carbocycles. The Bertz CT molecular complexity index is 959. The molecule has 1 aliphatic rings. The summed E-state index contributed by atoms with van der Waals surface area (Å²) >= 11 is 0. The summed E-state index contributed by atoms with van der Waals surface area (Å²) in [5.41, 5.74) is 1.41. The molecule has 1 aliphatic heterocycles. The molecule has 2 N–H and O–H groups in total. The molecule has 3 rings (SSSR count). The van der Waals surface area contributed by atoms with Crippen LogP contribution in [0.1, 0.15) is 34.3 Å². The van der Waals surface area contributed by atoms with E-state index in [1.165, 1.54) is 0 Å². The fraction of sp³-hybridized carbons (Fsp3) is 0.391. The van der Waals surface area contributed by atoms with Crippen LogP contribution in [0.2, 0.25) is 0 Å². The maximum atomic E-state index is 13.7. The molecular formula is C23H26F2N2O4. The Balaban J connectivity index is 1.66. The SMILES string of the molecule is COc1ccc(C)cc1C1(CNC(=O)CNC(=O)c2ccc(F)cc2F)CCOCC1. The summed E-state index contributed by atoms with van der Waals surface area (Å²) in [5.74, 6) is -2.20. The molecule has 0 bridgehead atoms. The second-order valence-corrected chi connectivity index (χ2v) is 7.68. The van der Waals surface area contributed by atoms with Gasteiger partial charge in [0.05, 0.1) is 19.2 Å². The van der Waals surface area contributed by atoms with E-state index >= 15 is 0 Å². The molecule has 1 heterocycles. The lowest BCUT2D eigenvalue weighted by Crippen LogP contribution is -2.47. The Morgan fingerprint density at radius 2 is 1.84 bits per heavy atom. The first-order valence-corrected chi connectivity index (χ1v) is 10.1. The predicted octanol–water partition coefficient (Wildman–Crippen LogP) is 2.88. The van der Waals surface area contributed by atoms with Crippen molar-refractivity contribution in [2.45, 2.75) is 25.2 Å². The van der Waals surface area contributed by atoms with E-state index in [1.54, 1.807) is 7.11 Å². The summed E-state index contributed by atoms with van der Waals surface area (Å²) in [7, 11) is 1.61. The average molecular weight is 432 g/mol. The van der Waals surface area contributed by atoms with Gasteiger partial charge in [0, 0.05) is 36.8 Å². The Labute approximate surface area is 179 Å². The topological polar surface area (TPSA) is 76.7 Å². The Hall–Kier alpha value is -3.00. The number of nitrogens with one attached hydrogen (secondary N) is 2. The van der Waals surface area contributed by atoms with E-state index in [0.29, 0.717) is 38.7 Å². The van der Waals surface area contributed by atoms with Crippen molar-refractivity contribution >= 4 is 11.8 Å². The third kappa shape index (κ3) is 5.38. The number of aryl methyl sites for hydroxylation is 1. The lowest BCUT2D eigenvalue weighted by atomic mass is 9.73. The summed E-state index contributed by atoms with van der Waals surface area (Å²) < 4.78 is 37.8. The molecule has 8 heteroatoms. The average Bonchev–Trinajstić information content (AvgIpc) is 2.76. The van der Waals surface area contributed by atoms with E-state index in [0.717, 1.165) is 29.0 Å². The van der Waals surface area contributed by atoms with Crippen molar-refractivity contribution in [3.05, 3.63) is 64.7 Å². The van der Waals surface area contributed by atoms with E-state index in [-0.39, 0.29) is 17.5 Å². The van der Waals surface area contributed by atoms with Crippen LogP contribution in [-0.2, 0) is 14.9 Å². The van der Waals surface area contributed by atoms with Crippen molar-refractivity contribution in [1.29, 1.82) is 0 Å². The first-order valence-electron chi connectivity index (χ1n) is 10.1. The lowest BCUT2D eigenvalue weighted by Gasteiger charge is -2.38. The van der Waals surface area contributed by atoms with Gasteiger partial charge in [-0.05, 0) is 38.0 Å². The van der Waals surface area contributed by atoms with Gasteiger partial charge in [0.2, 0.25) is 5.91 Å². The molecule has 166 valence electrons. The van der Waals surface area contributed by atoms with Gasteiger partial charge in [-0.1, -0.05) is 17.7 Å². The fourth-order valence-corrected chi connectivity index (χ4v) is 3.80. The highest BCUT2D eigenvalue weighted by atomic mass is 19.1. The van der Waals surface area contributed by atoms with Crippen LogP contribution in [0.3, 0.4) is 0 Å². The first kappa shape index (κ1) is 22.7. The maximum absolute atomic E-state index is 13.7. The zero-order valence-corrected chi connectivity index (χ0v) is 17.6. The number of amides is 2. The summed E-state index contributed by atoms with van der Waals surface area (Å²) in [6, 6.07) is 8.61. The predicted molar refractivity (Wildman–Crippen MR) is 111 cm³/mol. The zero-order valence-electron chi connectivity index (χ0n) is 17.6. The standard InChI is InChI=1S/C23H26F2N2O4/c1-15-3-6-20(30-2)18(11-15)23(7-9-31-10-8-23)14-27-21(28)13-26-22(29)17-5-4-16(24)12-19(17)25/h3-6,11-12H,7-10,13-14H2,1-2H3,(H,26,29)(H,27,28). The van der Waals surface area contributed by atoms with Crippen molar-refractivity contribution in [3.8, 4) is 5.75 Å². The lowest BCUT2D eigenvalue weighted by molar-refractivity contribution is -0.120. The van der Waals surface area contributed by atoms with Gasteiger partial charge in [-0.3, -0.25) is 9.59 Å². The minimum absolute atomic E-state index is 0.320. The molecule has 0 radical (unpaired) electrons. The van der Waals surface area contributed by atoms with E-state index < -0.39 is 23.4 Å². The summed E-state index contributed by atoms with van der Waals surface area (Å²) in [4.78, 5) is 24.5.